The van der Waals surface area contributed by atoms with Gasteiger partial charge in [-0.2, -0.15) is 4.98 Å². The van der Waals surface area contributed by atoms with Gasteiger partial charge in [0.15, 0.2) is 5.58 Å². The third-order valence-corrected chi connectivity index (χ3v) is 2.82. The van der Waals surface area contributed by atoms with Crippen LogP contribution in [0.4, 0.5) is 6.01 Å². The maximum atomic E-state index is 5.70. The Balaban J connectivity index is 1.98. The Labute approximate surface area is 99.2 Å². The first kappa shape index (κ1) is 10.2. The third kappa shape index (κ3) is 1.85. The summed E-state index contributed by atoms with van der Waals surface area (Å²) >= 11 is 0. The first-order valence-corrected chi connectivity index (χ1v) is 5.57. The van der Waals surface area contributed by atoms with E-state index in [4.69, 9.17) is 15.6 Å². The average molecular weight is 228 g/mol. The van der Waals surface area contributed by atoms with Crippen molar-refractivity contribution in [3.8, 4) is 12.3 Å². The van der Waals surface area contributed by atoms with E-state index in [9.17, 15) is 0 Å². The fraction of sp³-hybridized carbons (Fsp3) is 0.308. The highest BCUT2D eigenvalue weighted by Crippen LogP contribution is 2.23. The Bertz CT molecular complexity index is 577. The van der Waals surface area contributed by atoms with Crippen LogP contribution < -0.4 is 4.90 Å². The van der Waals surface area contributed by atoms with Gasteiger partial charge in [-0.25, -0.2) is 0 Å². The molecule has 0 aliphatic carbocycles. The van der Waals surface area contributed by atoms with E-state index in [0.717, 1.165) is 29.8 Å². The number of fused-ring (bicyclic) bond motifs is 1. The molecule has 4 nitrogen and oxygen atoms in total. The van der Waals surface area contributed by atoms with Crippen molar-refractivity contribution < 1.29 is 9.15 Å². The normalized spacial score (nSPS) is 16.1. The highest BCUT2D eigenvalue weighted by molar-refractivity contribution is 5.76. The molecule has 0 unspecified atom stereocenters. The molecule has 0 spiro atoms. The molecule has 4 heteroatoms. The van der Waals surface area contributed by atoms with Gasteiger partial charge in [-0.3, -0.25) is 0 Å². The molecule has 0 radical (unpaired) electrons. The summed E-state index contributed by atoms with van der Waals surface area (Å²) in [6.45, 7) is 3.06. The Hall–Kier alpha value is -1.99. The summed E-state index contributed by atoms with van der Waals surface area (Å²) in [6.07, 6.45) is 5.36. The summed E-state index contributed by atoms with van der Waals surface area (Å²) < 4.78 is 11.0. The summed E-state index contributed by atoms with van der Waals surface area (Å²) in [5, 5.41) is 0. The van der Waals surface area contributed by atoms with Crippen LogP contribution in [-0.4, -0.2) is 31.3 Å². The van der Waals surface area contributed by atoms with Gasteiger partial charge in [-0.05, 0) is 18.2 Å². The third-order valence-electron chi connectivity index (χ3n) is 2.82. The maximum Gasteiger partial charge on any atom is 0.298 e. The zero-order valence-corrected chi connectivity index (χ0v) is 9.35. The molecule has 0 bridgehead atoms. The summed E-state index contributed by atoms with van der Waals surface area (Å²) in [6, 6.07) is 6.23. The standard InChI is InChI=1S/C13H12N2O2/c1-2-10-3-4-12-11(9-10)14-13(17-12)15-5-7-16-8-6-15/h1,3-4,9H,5-8H2. The lowest BCUT2D eigenvalue weighted by molar-refractivity contribution is 0.120. The van der Waals surface area contributed by atoms with Crippen LogP contribution >= 0.6 is 0 Å². The lowest BCUT2D eigenvalue weighted by atomic mass is 10.2. The van der Waals surface area contributed by atoms with Gasteiger partial charge in [0.1, 0.15) is 5.52 Å². The smallest absolute Gasteiger partial charge is 0.298 e. The van der Waals surface area contributed by atoms with Gasteiger partial charge in [0.25, 0.3) is 6.01 Å². The molecule has 0 atom stereocenters. The van der Waals surface area contributed by atoms with E-state index in [1.54, 1.807) is 0 Å². The molecule has 1 aromatic carbocycles. The minimum absolute atomic E-state index is 0.650. The molecule has 0 N–H and O–H groups in total. The lowest BCUT2D eigenvalue weighted by Gasteiger charge is -2.24. The quantitative estimate of drug-likeness (QED) is 0.696. The van der Waals surface area contributed by atoms with Gasteiger partial charge in [0.2, 0.25) is 0 Å². The minimum atomic E-state index is 0.650. The maximum absolute atomic E-state index is 5.70. The first-order chi connectivity index (χ1) is 8.36. The summed E-state index contributed by atoms with van der Waals surface area (Å²) in [4.78, 5) is 6.54. The molecule has 2 heterocycles. The highest BCUT2D eigenvalue weighted by Gasteiger charge is 2.16. The van der Waals surface area contributed by atoms with Crippen molar-refractivity contribution in [1.29, 1.82) is 0 Å². The molecule has 1 aromatic heterocycles. The summed E-state index contributed by atoms with van der Waals surface area (Å²) in [7, 11) is 0. The monoisotopic (exact) mass is 228 g/mol. The van der Waals surface area contributed by atoms with Gasteiger partial charge in [-0.1, -0.05) is 5.92 Å². The fourth-order valence-corrected chi connectivity index (χ4v) is 1.89. The van der Waals surface area contributed by atoms with E-state index < -0.39 is 0 Å². The number of morpholine rings is 1. The van der Waals surface area contributed by atoms with Crippen molar-refractivity contribution in [3.05, 3.63) is 23.8 Å². The number of ether oxygens (including phenoxy) is 1. The van der Waals surface area contributed by atoms with E-state index in [0.29, 0.717) is 19.2 Å². The van der Waals surface area contributed by atoms with Crippen molar-refractivity contribution >= 4 is 17.1 Å². The Morgan fingerprint density at radius 1 is 1.29 bits per heavy atom. The molecule has 0 saturated carbocycles. The van der Waals surface area contributed by atoms with E-state index in [2.05, 4.69) is 15.8 Å². The van der Waals surface area contributed by atoms with Gasteiger partial charge >= 0.3 is 0 Å². The minimum Gasteiger partial charge on any atom is -0.423 e. The second-order valence-electron chi connectivity index (χ2n) is 3.92. The van der Waals surface area contributed by atoms with Crippen LogP contribution in [0.25, 0.3) is 11.1 Å². The van der Waals surface area contributed by atoms with E-state index in [1.807, 2.05) is 18.2 Å². The molecule has 1 aliphatic heterocycles. The van der Waals surface area contributed by atoms with Crippen LogP contribution in [0.2, 0.25) is 0 Å². The number of terminal acetylenes is 1. The number of nitrogens with zero attached hydrogens (tertiary/aromatic N) is 2. The second-order valence-corrected chi connectivity index (χ2v) is 3.92. The molecular weight excluding hydrogens is 216 g/mol. The van der Waals surface area contributed by atoms with Crippen LogP contribution in [0.15, 0.2) is 22.6 Å². The summed E-state index contributed by atoms with van der Waals surface area (Å²) in [5.74, 6) is 2.59. The van der Waals surface area contributed by atoms with Crippen molar-refractivity contribution in [3.63, 3.8) is 0 Å². The number of anilines is 1. The zero-order valence-electron chi connectivity index (χ0n) is 9.35. The molecule has 86 valence electrons. The Morgan fingerprint density at radius 3 is 2.88 bits per heavy atom. The summed E-state index contributed by atoms with van der Waals surface area (Å²) in [5.41, 5.74) is 2.40. The molecule has 0 amide bonds. The molecule has 2 aromatic rings. The van der Waals surface area contributed by atoms with Crippen molar-refractivity contribution in [2.75, 3.05) is 31.2 Å². The van der Waals surface area contributed by atoms with Crippen molar-refractivity contribution in [1.82, 2.24) is 4.98 Å². The number of aromatic nitrogens is 1. The van der Waals surface area contributed by atoms with E-state index >= 15 is 0 Å². The molecular formula is C13H12N2O2. The molecule has 1 fully saturated rings. The molecule has 1 aliphatic rings. The molecule has 1 saturated heterocycles. The van der Waals surface area contributed by atoms with Gasteiger partial charge in [-0.15, -0.1) is 6.42 Å². The first-order valence-electron chi connectivity index (χ1n) is 5.57. The number of rotatable bonds is 1. The SMILES string of the molecule is C#Cc1ccc2oc(N3CCOCC3)nc2c1. The van der Waals surface area contributed by atoms with Gasteiger partial charge in [0.05, 0.1) is 13.2 Å². The Kier molecular flexibility index (Phi) is 2.46. The van der Waals surface area contributed by atoms with Crippen LogP contribution in [0.3, 0.4) is 0 Å². The number of oxazole rings is 1. The van der Waals surface area contributed by atoms with Crippen LogP contribution in [0, 0.1) is 12.3 Å². The molecule has 3 rings (SSSR count). The fourth-order valence-electron chi connectivity index (χ4n) is 1.89. The predicted molar refractivity (Wildman–Crippen MR) is 65.0 cm³/mol. The Morgan fingerprint density at radius 2 is 2.12 bits per heavy atom. The number of hydrogen-bond acceptors (Lipinski definition) is 4. The van der Waals surface area contributed by atoms with Crippen LogP contribution in [0.1, 0.15) is 5.56 Å². The predicted octanol–water partition coefficient (Wildman–Crippen LogP) is 1.65. The van der Waals surface area contributed by atoms with Crippen molar-refractivity contribution in [2.45, 2.75) is 0 Å². The second kappa shape index (κ2) is 4.11. The zero-order chi connectivity index (χ0) is 11.7. The van der Waals surface area contributed by atoms with E-state index in [1.165, 1.54) is 0 Å². The largest absolute Gasteiger partial charge is 0.423 e. The van der Waals surface area contributed by atoms with Gasteiger partial charge in [0, 0.05) is 18.7 Å². The average Bonchev–Trinajstić information content (AvgIpc) is 2.82. The topological polar surface area (TPSA) is 38.5 Å². The van der Waals surface area contributed by atoms with Crippen LogP contribution in [0.5, 0.6) is 0 Å². The van der Waals surface area contributed by atoms with Crippen molar-refractivity contribution in [2.24, 2.45) is 0 Å². The lowest BCUT2D eigenvalue weighted by Crippen LogP contribution is -2.36. The number of hydrogen-bond donors (Lipinski definition) is 0. The highest BCUT2D eigenvalue weighted by atomic mass is 16.5. The van der Waals surface area contributed by atoms with E-state index in [-0.39, 0.29) is 0 Å². The van der Waals surface area contributed by atoms with Gasteiger partial charge < -0.3 is 14.1 Å². The molecule has 17 heavy (non-hydrogen) atoms. The number of benzene rings is 1. The van der Waals surface area contributed by atoms with Crippen LogP contribution in [-0.2, 0) is 4.74 Å².